The molecule has 0 radical (unpaired) electrons. The number of halogens is 2. The van der Waals surface area contributed by atoms with Crippen LogP contribution in [0.5, 0.6) is 11.5 Å². The van der Waals surface area contributed by atoms with Crippen molar-refractivity contribution in [2.45, 2.75) is 63.0 Å². The van der Waals surface area contributed by atoms with Crippen LogP contribution in [-0.2, 0) is 21.4 Å². The molecule has 338 valence electrons. The number of anilines is 3. The molecule has 3 aliphatic heterocycles. The maximum Gasteiger partial charge on any atom is 0.206 e. The number of carbonyl (C=O) groups is 2. The van der Waals surface area contributed by atoms with Gasteiger partial charge in [-0.2, -0.15) is 10.4 Å². The zero-order chi connectivity index (χ0) is 45.2. The third kappa shape index (κ3) is 9.03. The minimum absolute atomic E-state index is 0.0809. The topological polar surface area (TPSA) is 157 Å². The molecule has 2 aromatic heterocycles. The Kier molecular flexibility index (Phi) is 13.2. The molecule has 3 aromatic carbocycles. The summed E-state index contributed by atoms with van der Waals surface area (Å²) in [4.78, 5) is 36.4. The molecule has 15 nitrogen and oxygen atoms in total. The van der Waals surface area contributed by atoms with Gasteiger partial charge in [-0.3, -0.25) is 14.5 Å². The average Bonchev–Trinajstić information content (AvgIpc) is 3.84. The molecule has 4 aliphatic rings. The molecule has 3 saturated heterocycles. The van der Waals surface area contributed by atoms with E-state index in [1.54, 1.807) is 36.0 Å². The highest BCUT2D eigenvalue weighted by atomic mass is 32.2. The molecule has 2 spiro atoms. The van der Waals surface area contributed by atoms with Crippen molar-refractivity contribution in [1.29, 1.82) is 5.26 Å². The number of piperidine rings is 1. The quantitative estimate of drug-likeness (QED) is 0.0888. The Morgan fingerprint density at radius 3 is 2.53 bits per heavy atom. The second-order valence-corrected chi connectivity index (χ2v) is 18.5. The summed E-state index contributed by atoms with van der Waals surface area (Å²) in [7, 11) is 7.23. The lowest BCUT2D eigenvalue weighted by atomic mass is 9.59. The number of benzene rings is 3. The molecule has 64 heavy (non-hydrogen) atoms. The van der Waals surface area contributed by atoms with Gasteiger partial charge in [-0.15, -0.1) is 0 Å². The fraction of sp³-hybridized carbons (Fsp3) is 0.478. The third-order valence-corrected chi connectivity index (χ3v) is 14.2. The van der Waals surface area contributed by atoms with Crippen LogP contribution in [0, 0.1) is 28.4 Å². The summed E-state index contributed by atoms with van der Waals surface area (Å²) in [6.45, 7) is 7.60. The van der Waals surface area contributed by atoms with E-state index in [9.17, 15) is 10.1 Å². The number of amides is 1. The number of carbonyl (C=O) groups excluding carboxylic acids is 2. The van der Waals surface area contributed by atoms with Gasteiger partial charge in [-0.1, -0.05) is 6.92 Å². The Hall–Kier alpha value is -5.61. The summed E-state index contributed by atoms with van der Waals surface area (Å²) in [5.74, 6) is 0.152. The summed E-state index contributed by atoms with van der Waals surface area (Å²) in [6, 6.07) is 14.2. The number of ether oxygens (including phenoxy) is 2. The number of rotatable bonds is 14. The van der Waals surface area contributed by atoms with Gasteiger partial charge in [0.25, 0.3) is 0 Å². The number of nitrogens with zero attached hydrogens (tertiary/aromatic N) is 9. The van der Waals surface area contributed by atoms with E-state index in [4.69, 9.17) is 24.2 Å². The fourth-order valence-electron chi connectivity index (χ4n) is 9.62. The number of hydrogen-bond acceptors (Lipinski definition) is 14. The van der Waals surface area contributed by atoms with Crippen LogP contribution < -0.4 is 24.6 Å². The highest BCUT2D eigenvalue weighted by Crippen LogP contribution is 2.53. The smallest absolute Gasteiger partial charge is 0.206 e. The van der Waals surface area contributed by atoms with E-state index in [0.717, 1.165) is 87.7 Å². The van der Waals surface area contributed by atoms with Crippen LogP contribution in [0.15, 0.2) is 48.7 Å². The largest absolute Gasteiger partial charge is 0.453 e. The van der Waals surface area contributed by atoms with Crippen molar-refractivity contribution < 1.29 is 27.8 Å². The van der Waals surface area contributed by atoms with Gasteiger partial charge in [-0.25, -0.2) is 18.1 Å². The van der Waals surface area contributed by atoms with Crippen molar-refractivity contribution in [2.24, 2.45) is 12.5 Å². The van der Waals surface area contributed by atoms with E-state index in [1.165, 1.54) is 24.3 Å². The van der Waals surface area contributed by atoms with E-state index < -0.39 is 5.82 Å². The van der Waals surface area contributed by atoms with E-state index in [0.29, 0.717) is 66.0 Å². The van der Waals surface area contributed by atoms with Gasteiger partial charge in [-0.05, 0) is 75.5 Å². The van der Waals surface area contributed by atoms with Crippen molar-refractivity contribution in [3.8, 4) is 17.6 Å². The summed E-state index contributed by atoms with van der Waals surface area (Å²) in [5.41, 5.74) is 4.30. The normalized spacial score (nSPS) is 18.9. The Balaban J connectivity index is 0.00000135. The van der Waals surface area contributed by atoms with E-state index in [2.05, 4.69) is 31.0 Å². The first-order valence-electron chi connectivity index (χ1n) is 21.8. The fourth-order valence-corrected chi connectivity index (χ4v) is 10.2. The van der Waals surface area contributed by atoms with E-state index in [1.807, 2.05) is 49.5 Å². The summed E-state index contributed by atoms with van der Waals surface area (Å²) >= 11 is 1.32. The highest BCUT2D eigenvalue weighted by molar-refractivity contribution is 7.98. The SMILES string of the molecule is CCN(C)SNc1ccc(F)c(Oc2ccc3ncc(C4COC5(CCN(C6CC7(C6)CN(c6cc8c(cc6F)c(N(C)CCC=O)nn8C)C7)CC5)C4)nc3c2)c1C#N.CNC=O. The zero-order valence-corrected chi connectivity index (χ0v) is 37.8. The lowest BCUT2D eigenvalue weighted by molar-refractivity contribution is -0.109. The van der Waals surface area contributed by atoms with Crippen LogP contribution in [0.1, 0.15) is 62.6 Å². The highest BCUT2D eigenvalue weighted by Gasteiger charge is 2.55. The van der Waals surface area contributed by atoms with Crippen molar-refractivity contribution in [1.82, 2.24) is 34.3 Å². The zero-order valence-electron chi connectivity index (χ0n) is 36.9. The number of aldehydes is 1. The molecule has 5 aromatic rings. The van der Waals surface area contributed by atoms with Crippen molar-refractivity contribution >= 4 is 64.0 Å². The molecule has 0 bridgehead atoms. The molecule has 1 atom stereocenters. The number of likely N-dealkylation sites (tertiary alicyclic amines) is 1. The Morgan fingerprint density at radius 2 is 1.83 bits per heavy atom. The molecule has 1 aliphatic carbocycles. The van der Waals surface area contributed by atoms with Gasteiger partial charge < -0.3 is 39.0 Å². The number of nitriles is 1. The molecular formula is C46H55F2N11O4S. The average molecular weight is 896 g/mol. The predicted octanol–water partition coefficient (Wildman–Crippen LogP) is 6.78. The predicted molar refractivity (Wildman–Crippen MR) is 245 cm³/mol. The second kappa shape index (κ2) is 18.9. The van der Waals surface area contributed by atoms with Crippen LogP contribution in [0.25, 0.3) is 21.9 Å². The minimum Gasteiger partial charge on any atom is -0.453 e. The molecule has 18 heteroatoms. The van der Waals surface area contributed by atoms with Crippen molar-refractivity contribution in [3.63, 3.8) is 0 Å². The minimum atomic E-state index is -0.628. The maximum atomic E-state index is 15.6. The van der Waals surface area contributed by atoms with Gasteiger partial charge in [0, 0.05) is 114 Å². The molecule has 9 rings (SSSR count). The standard InChI is InChI=1S/C44H50F2N10O3S.C2H5NO/c1-5-53(3)60-51-35-10-8-33(45)41(32(35)23-47)59-30-7-9-36-37(17-30)49-38(24-48-36)28-20-44(58-25-28)11-14-55(15-12-44)29-21-43(22-29)26-56(27-43)40-19-39-31(18-34(40)46)42(50-54(39)4)52(2)13-6-16-57;1-3-2-4/h7-10,16-19,24,28-29,51H,5-6,11-15,20-22,25-27H2,1-4H3;2H,1H3,(H,3,4). The van der Waals surface area contributed by atoms with Crippen LogP contribution in [0.4, 0.5) is 26.0 Å². The van der Waals surface area contributed by atoms with Gasteiger partial charge in [0.05, 0.1) is 45.8 Å². The van der Waals surface area contributed by atoms with Crippen molar-refractivity contribution in [2.75, 3.05) is 81.5 Å². The van der Waals surface area contributed by atoms with Gasteiger partial charge in [0.15, 0.2) is 17.4 Å². The van der Waals surface area contributed by atoms with Crippen molar-refractivity contribution in [3.05, 3.63) is 71.6 Å². The first kappa shape index (κ1) is 45.0. The summed E-state index contributed by atoms with van der Waals surface area (Å²) in [5, 5.41) is 17.6. The van der Waals surface area contributed by atoms with Gasteiger partial charge >= 0.3 is 0 Å². The van der Waals surface area contributed by atoms with Gasteiger partial charge in [0.1, 0.15) is 29.5 Å². The van der Waals surface area contributed by atoms with Crippen LogP contribution in [0.3, 0.4) is 0 Å². The lowest BCUT2D eigenvalue weighted by Gasteiger charge is -2.62. The number of hydrogen-bond donors (Lipinski definition) is 2. The number of aryl methyl sites for hydroxylation is 1. The second-order valence-electron chi connectivity index (χ2n) is 17.5. The first-order chi connectivity index (χ1) is 30.9. The molecule has 2 N–H and O–H groups in total. The third-order valence-electron chi connectivity index (χ3n) is 13.3. The van der Waals surface area contributed by atoms with E-state index in [-0.39, 0.29) is 34.1 Å². The molecular weight excluding hydrogens is 841 g/mol. The number of nitrogens with one attached hydrogen (secondary N) is 2. The first-order valence-corrected chi connectivity index (χ1v) is 22.5. The Morgan fingerprint density at radius 1 is 1.06 bits per heavy atom. The van der Waals surface area contributed by atoms with Crippen LogP contribution in [0.2, 0.25) is 0 Å². The molecule has 5 heterocycles. The molecule has 1 unspecified atom stereocenters. The molecule has 4 fully saturated rings. The van der Waals surface area contributed by atoms with E-state index >= 15 is 8.78 Å². The maximum absolute atomic E-state index is 15.6. The van der Waals surface area contributed by atoms with Crippen LogP contribution in [-0.4, -0.2) is 120 Å². The van der Waals surface area contributed by atoms with Gasteiger partial charge in [0.2, 0.25) is 6.41 Å². The Bertz CT molecular complexity index is 2550. The summed E-state index contributed by atoms with van der Waals surface area (Å²) in [6.07, 6.45) is 8.81. The lowest BCUT2D eigenvalue weighted by Crippen LogP contribution is -2.67. The summed E-state index contributed by atoms with van der Waals surface area (Å²) < 4.78 is 50.1. The Labute approximate surface area is 376 Å². The monoisotopic (exact) mass is 895 g/mol. The molecule has 1 amide bonds. The van der Waals surface area contributed by atoms with Crippen LogP contribution >= 0.6 is 12.1 Å². The number of fused-ring (bicyclic) bond motifs is 2. The molecule has 1 saturated carbocycles. The number of aromatic nitrogens is 4.